The van der Waals surface area contributed by atoms with Gasteiger partial charge in [0.2, 0.25) is 0 Å². The lowest BCUT2D eigenvalue weighted by Crippen LogP contribution is -2.28. The largest absolute Gasteiger partial charge is 0.364 e. The van der Waals surface area contributed by atoms with E-state index in [0.29, 0.717) is 0 Å². The van der Waals surface area contributed by atoms with E-state index < -0.39 is 0 Å². The number of nitriles is 1. The van der Waals surface area contributed by atoms with Crippen molar-refractivity contribution >= 4 is 0 Å². The van der Waals surface area contributed by atoms with Gasteiger partial charge in [-0.05, 0) is 12.8 Å². The molecule has 0 saturated carbocycles. The standard InChI is InChI=1S/C9H15N3/c1-11(2)9(5-6-10)12-7-3-4-8-12/h5H,3-4,7-8H2,1-2H3/b9-5+. The topological polar surface area (TPSA) is 30.3 Å². The molecule has 1 fully saturated rings. The normalized spacial score (nSPS) is 17.8. The average molecular weight is 165 g/mol. The Kier molecular flexibility index (Phi) is 2.98. The van der Waals surface area contributed by atoms with Crippen LogP contribution in [0.2, 0.25) is 0 Å². The van der Waals surface area contributed by atoms with Gasteiger partial charge in [-0.25, -0.2) is 0 Å². The summed E-state index contributed by atoms with van der Waals surface area (Å²) in [6, 6.07) is 2.08. The zero-order valence-electron chi connectivity index (χ0n) is 7.75. The van der Waals surface area contributed by atoms with Crippen molar-refractivity contribution in [3.05, 3.63) is 11.9 Å². The van der Waals surface area contributed by atoms with E-state index in [0.717, 1.165) is 18.9 Å². The molecule has 0 aromatic carbocycles. The Labute approximate surface area is 73.9 Å². The molecule has 12 heavy (non-hydrogen) atoms. The second-order valence-corrected chi connectivity index (χ2v) is 3.22. The maximum Gasteiger partial charge on any atom is 0.114 e. The zero-order valence-corrected chi connectivity index (χ0v) is 7.75. The molecule has 0 aromatic heterocycles. The molecule has 0 spiro atoms. The maximum absolute atomic E-state index is 8.57. The third kappa shape index (κ3) is 1.91. The summed E-state index contributed by atoms with van der Waals surface area (Å²) in [5, 5.41) is 8.57. The van der Waals surface area contributed by atoms with Crippen LogP contribution in [-0.4, -0.2) is 37.0 Å². The average Bonchev–Trinajstić information content (AvgIpc) is 2.51. The summed E-state index contributed by atoms with van der Waals surface area (Å²) in [6.07, 6.45) is 4.11. The smallest absolute Gasteiger partial charge is 0.114 e. The molecule has 0 aliphatic carbocycles. The summed E-state index contributed by atoms with van der Waals surface area (Å²) in [6.45, 7) is 2.18. The Morgan fingerprint density at radius 2 is 2.00 bits per heavy atom. The van der Waals surface area contributed by atoms with Gasteiger partial charge >= 0.3 is 0 Å². The predicted octanol–water partition coefficient (Wildman–Crippen LogP) is 1.01. The van der Waals surface area contributed by atoms with Crippen molar-refractivity contribution in [1.29, 1.82) is 5.26 Å². The number of nitrogens with zero attached hydrogens (tertiary/aromatic N) is 3. The Bertz CT molecular complexity index is 206. The van der Waals surface area contributed by atoms with Crippen LogP contribution in [0.5, 0.6) is 0 Å². The second-order valence-electron chi connectivity index (χ2n) is 3.22. The molecule has 0 radical (unpaired) electrons. The van der Waals surface area contributed by atoms with E-state index in [-0.39, 0.29) is 0 Å². The number of hydrogen-bond donors (Lipinski definition) is 0. The van der Waals surface area contributed by atoms with Gasteiger partial charge in [0, 0.05) is 27.2 Å². The number of likely N-dealkylation sites (tertiary alicyclic amines) is 1. The van der Waals surface area contributed by atoms with Gasteiger partial charge in [0.05, 0.1) is 12.1 Å². The molecule has 1 rings (SSSR count). The van der Waals surface area contributed by atoms with Gasteiger partial charge in [0.25, 0.3) is 0 Å². The quantitative estimate of drug-likeness (QED) is 0.572. The minimum Gasteiger partial charge on any atom is -0.364 e. The number of rotatable bonds is 2. The van der Waals surface area contributed by atoms with Gasteiger partial charge in [0.15, 0.2) is 0 Å². The lowest BCUT2D eigenvalue weighted by Gasteiger charge is -2.26. The van der Waals surface area contributed by atoms with Crippen LogP contribution in [0.25, 0.3) is 0 Å². The first-order valence-electron chi connectivity index (χ1n) is 4.28. The van der Waals surface area contributed by atoms with E-state index in [2.05, 4.69) is 11.0 Å². The van der Waals surface area contributed by atoms with Gasteiger partial charge in [-0.1, -0.05) is 0 Å². The molecule has 0 amide bonds. The van der Waals surface area contributed by atoms with Crippen molar-refractivity contribution in [2.24, 2.45) is 0 Å². The van der Waals surface area contributed by atoms with Crippen molar-refractivity contribution in [2.75, 3.05) is 27.2 Å². The van der Waals surface area contributed by atoms with Crippen molar-refractivity contribution in [1.82, 2.24) is 9.80 Å². The third-order valence-corrected chi connectivity index (χ3v) is 2.08. The summed E-state index contributed by atoms with van der Waals surface area (Å²) in [4.78, 5) is 4.25. The van der Waals surface area contributed by atoms with E-state index in [1.54, 1.807) is 6.08 Å². The maximum atomic E-state index is 8.57. The van der Waals surface area contributed by atoms with Crippen LogP contribution in [0.4, 0.5) is 0 Å². The Morgan fingerprint density at radius 3 is 2.42 bits per heavy atom. The van der Waals surface area contributed by atoms with Crippen molar-refractivity contribution < 1.29 is 0 Å². The molecule has 0 atom stereocenters. The summed E-state index contributed by atoms with van der Waals surface area (Å²) in [5.74, 6) is 1.04. The van der Waals surface area contributed by atoms with E-state index in [9.17, 15) is 0 Å². The van der Waals surface area contributed by atoms with Gasteiger partial charge in [-0.15, -0.1) is 0 Å². The Hall–Kier alpha value is -1.17. The zero-order chi connectivity index (χ0) is 8.97. The molecule has 1 aliphatic heterocycles. The number of hydrogen-bond acceptors (Lipinski definition) is 3. The van der Waals surface area contributed by atoms with Gasteiger partial charge in [-0.3, -0.25) is 0 Å². The highest BCUT2D eigenvalue weighted by Gasteiger charge is 2.15. The molecular formula is C9H15N3. The monoisotopic (exact) mass is 165 g/mol. The summed E-state index contributed by atoms with van der Waals surface area (Å²) >= 11 is 0. The number of allylic oxidation sites excluding steroid dienone is 1. The van der Waals surface area contributed by atoms with Gasteiger partial charge in [0.1, 0.15) is 5.82 Å². The molecule has 0 unspecified atom stereocenters. The van der Waals surface area contributed by atoms with Gasteiger partial charge in [-0.2, -0.15) is 5.26 Å². The molecular weight excluding hydrogens is 150 g/mol. The predicted molar refractivity (Wildman–Crippen MR) is 48.2 cm³/mol. The molecule has 1 saturated heterocycles. The first-order chi connectivity index (χ1) is 5.75. The molecule has 0 N–H and O–H groups in total. The minimum atomic E-state index is 1.04. The van der Waals surface area contributed by atoms with Crippen molar-refractivity contribution in [3.8, 4) is 6.07 Å². The highest BCUT2D eigenvalue weighted by Crippen LogP contribution is 2.15. The van der Waals surface area contributed by atoms with Gasteiger partial charge < -0.3 is 9.80 Å². The van der Waals surface area contributed by atoms with E-state index in [1.807, 2.05) is 19.0 Å². The van der Waals surface area contributed by atoms with Crippen LogP contribution in [0.1, 0.15) is 12.8 Å². The minimum absolute atomic E-state index is 1.04. The highest BCUT2D eigenvalue weighted by molar-refractivity contribution is 5.11. The molecule has 3 nitrogen and oxygen atoms in total. The first-order valence-corrected chi connectivity index (χ1v) is 4.28. The third-order valence-electron chi connectivity index (χ3n) is 2.08. The summed E-state index contributed by atoms with van der Waals surface area (Å²) in [7, 11) is 3.95. The van der Waals surface area contributed by atoms with Crippen LogP contribution in [-0.2, 0) is 0 Å². The Balaban J connectivity index is 2.66. The molecule has 1 heterocycles. The van der Waals surface area contributed by atoms with Crippen LogP contribution >= 0.6 is 0 Å². The van der Waals surface area contributed by atoms with Crippen LogP contribution in [0, 0.1) is 11.3 Å². The second kappa shape index (κ2) is 4.01. The molecule has 1 aliphatic rings. The van der Waals surface area contributed by atoms with E-state index in [4.69, 9.17) is 5.26 Å². The fourth-order valence-electron chi connectivity index (χ4n) is 1.51. The van der Waals surface area contributed by atoms with Crippen LogP contribution in [0.3, 0.4) is 0 Å². The Morgan fingerprint density at radius 1 is 1.42 bits per heavy atom. The lowest BCUT2D eigenvalue weighted by atomic mass is 10.4. The SMILES string of the molecule is CN(C)/C(=C\C#N)N1CCCC1. The molecule has 0 bridgehead atoms. The van der Waals surface area contributed by atoms with Crippen LogP contribution < -0.4 is 0 Å². The molecule has 3 heteroatoms. The fraction of sp³-hybridized carbons (Fsp3) is 0.667. The summed E-state index contributed by atoms with van der Waals surface area (Å²) < 4.78 is 0. The summed E-state index contributed by atoms with van der Waals surface area (Å²) in [5.41, 5.74) is 0. The first kappa shape index (κ1) is 8.92. The lowest BCUT2D eigenvalue weighted by molar-refractivity contribution is 0.302. The fourth-order valence-corrected chi connectivity index (χ4v) is 1.51. The van der Waals surface area contributed by atoms with Crippen molar-refractivity contribution in [3.63, 3.8) is 0 Å². The highest BCUT2D eigenvalue weighted by atomic mass is 15.3. The van der Waals surface area contributed by atoms with E-state index >= 15 is 0 Å². The molecule has 66 valence electrons. The molecule has 0 aromatic rings. The van der Waals surface area contributed by atoms with E-state index in [1.165, 1.54) is 12.8 Å². The van der Waals surface area contributed by atoms with Crippen LogP contribution in [0.15, 0.2) is 11.9 Å². The van der Waals surface area contributed by atoms with Crippen molar-refractivity contribution in [2.45, 2.75) is 12.8 Å².